The Balaban J connectivity index is 2.31. The van der Waals surface area contributed by atoms with Crippen LogP contribution in [0.3, 0.4) is 0 Å². The summed E-state index contributed by atoms with van der Waals surface area (Å²) in [6, 6.07) is 21.2. The molecule has 2 rings (SSSR count). The SMILES string of the molecule is C=CCC[C@H](CC(=O)OC(C)(C)C)N(Cc1ccccc1)[C@H](C)c1ccccc1. The molecule has 0 heterocycles. The third kappa shape index (κ3) is 7.86. The Morgan fingerprint density at radius 3 is 2.21 bits per heavy atom. The van der Waals surface area contributed by atoms with Crippen LogP contribution in [-0.2, 0) is 16.1 Å². The lowest BCUT2D eigenvalue weighted by Crippen LogP contribution is -2.39. The zero-order valence-corrected chi connectivity index (χ0v) is 18.3. The summed E-state index contributed by atoms with van der Waals surface area (Å²) < 4.78 is 5.64. The molecule has 2 atom stereocenters. The molecule has 0 radical (unpaired) electrons. The summed E-state index contributed by atoms with van der Waals surface area (Å²) >= 11 is 0. The molecule has 3 heteroatoms. The van der Waals surface area contributed by atoms with Crippen molar-refractivity contribution in [1.29, 1.82) is 0 Å². The molecular formula is C26H35NO2. The van der Waals surface area contributed by atoms with E-state index in [-0.39, 0.29) is 18.1 Å². The highest BCUT2D eigenvalue weighted by Crippen LogP contribution is 2.28. The van der Waals surface area contributed by atoms with Gasteiger partial charge in [0, 0.05) is 18.6 Å². The van der Waals surface area contributed by atoms with Crippen LogP contribution in [0.4, 0.5) is 0 Å². The summed E-state index contributed by atoms with van der Waals surface area (Å²) in [7, 11) is 0. The van der Waals surface area contributed by atoms with E-state index < -0.39 is 5.60 Å². The van der Waals surface area contributed by atoms with Gasteiger partial charge in [-0.05, 0) is 51.7 Å². The fraction of sp³-hybridized carbons (Fsp3) is 0.423. The summed E-state index contributed by atoms with van der Waals surface area (Å²) in [5, 5.41) is 0. The van der Waals surface area contributed by atoms with Crippen molar-refractivity contribution in [2.24, 2.45) is 0 Å². The van der Waals surface area contributed by atoms with Crippen LogP contribution in [-0.4, -0.2) is 22.5 Å². The maximum atomic E-state index is 12.7. The fourth-order valence-corrected chi connectivity index (χ4v) is 3.57. The highest BCUT2D eigenvalue weighted by Gasteiger charge is 2.28. The van der Waals surface area contributed by atoms with E-state index in [2.05, 4.69) is 66.9 Å². The van der Waals surface area contributed by atoms with Gasteiger partial charge in [0.2, 0.25) is 0 Å². The van der Waals surface area contributed by atoms with Gasteiger partial charge in [-0.3, -0.25) is 9.69 Å². The van der Waals surface area contributed by atoms with Crippen molar-refractivity contribution in [3.63, 3.8) is 0 Å². The third-order valence-electron chi connectivity index (χ3n) is 4.98. The highest BCUT2D eigenvalue weighted by atomic mass is 16.6. The van der Waals surface area contributed by atoms with Gasteiger partial charge >= 0.3 is 5.97 Å². The normalized spacial score (nSPS) is 13.7. The van der Waals surface area contributed by atoms with Crippen molar-refractivity contribution in [2.75, 3.05) is 0 Å². The molecule has 0 aliphatic heterocycles. The fourth-order valence-electron chi connectivity index (χ4n) is 3.57. The van der Waals surface area contributed by atoms with Gasteiger partial charge in [-0.25, -0.2) is 0 Å². The molecule has 2 aromatic rings. The molecule has 2 aromatic carbocycles. The predicted octanol–water partition coefficient (Wildman–Crippen LogP) is 6.32. The van der Waals surface area contributed by atoms with Crippen molar-refractivity contribution in [2.45, 2.75) is 71.2 Å². The lowest BCUT2D eigenvalue weighted by Gasteiger charge is -2.37. The van der Waals surface area contributed by atoms with Gasteiger partial charge in [0.25, 0.3) is 0 Å². The number of benzene rings is 2. The van der Waals surface area contributed by atoms with Crippen LogP contribution in [0.25, 0.3) is 0 Å². The first-order valence-corrected chi connectivity index (χ1v) is 10.5. The number of carbonyl (C=O) groups excluding carboxylic acids is 1. The number of allylic oxidation sites excluding steroid dienone is 1. The minimum atomic E-state index is -0.477. The molecule has 0 saturated carbocycles. The molecule has 0 aromatic heterocycles. The van der Waals surface area contributed by atoms with Gasteiger partial charge in [0.1, 0.15) is 5.60 Å². The second-order valence-electron chi connectivity index (χ2n) is 8.56. The molecule has 0 N–H and O–H groups in total. The Morgan fingerprint density at radius 2 is 1.66 bits per heavy atom. The van der Waals surface area contributed by atoms with E-state index in [9.17, 15) is 4.79 Å². The first-order chi connectivity index (χ1) is 13.8. The van der Waals surface area contributed by atoms with Crippen molar-refractivity contribution < 1.29 is 9.53 Å². The van der Waals surface area contributed by atoms with Crippen LogP contribution in [0.5, 0.6) is 0 Å². The maximum Gasteiger partial charge on any atom is 0.307 e. The van der Waals surface area contributed by atoms with E-state index in [1.54, 1.807) is 0 Å². The van der Waals surface area contributed by atoms with Gasteiger partial charge in [0.05, 0.1) is 6.42 Å². The van der Waals surface area contributed by atoms with E-state index in [0.29, 0.717) is 6.42 Å². The summed E-state index contributed by atoms with van der Waals surface area (Å²) in [5.41, 5.74) is 2.01. The minimum absolute atomic E-state index is 0.0678. The second kappa shape index (κ2) is 11.0. The van der Waals surface area contributed by atoms with Gasteiger partial charge in [-0.15, -0.1) is 6.58 Å². The van der Waals surface area contributed by atoms with Gasteiger partial charge in [0.15, 0.2) is 0 Å². The molecule has 29 heavy (non-hydrogen) atoms. The van der Waals surface area contributed by atoms with Crippen LogP contribution < -0.4 is 0 Å². The van der Waals surface area contributed by atoms with Crippen LogP contribution in [0, 0.1) is 0 Å². The molecule has 0 aliphatic carbocycles. The number of ether oxygens (including phenoxy) is 1. The van der Waals surface area contributed by atoms with Crippen LogP contribution >= 0.6 is 0 Å². The van der Waals surface area contributed by atoms with Crippen molar-refractivity contribution in [3.05, 3.63) is 84.4 Å². The van der Waals surface area contributed by atoms with E-state index >= 15 is 0 Å². The molecule has 0 amide bonds. The molecule has 0 aliphatic rings. The van der Waals surface area contributed by atoms with E-state index in [1.807, 2.05) is 39.0 Å². The first kappa shape index (κ1) is 22.9. The molecule has 3 nitrogen and oxygen atoms in total. The Bertz CT molecular complexity index is 749. The number of nitrogens with zero attached hydrogens (tertiary/aromatic N) is 1. The Kier molecular flexibility index (Phi) is 8.66. The number of hydrogen-bond donors (Lipinski definition) is 0. The summed E-state index contributed by atoms with van der Waals surface area (Å²) in [5.74, 6) is -0.148. The van der Waals surface area contributed by atoms with Crippen LogP contribution in [0.1, 0.15) is 64.1 Å². The van der Waals surface area contributed by atoms with E-state index in [4.69, 9.17) is 4.74 Å². The monoisotopic (exact) mass is 393 g/mol. The molecular weight excluding hydrogens is 358 g/mol. The summed E-state index contributed by atoms with van der Waals surface area (Å²) in [6.07, 6.45) is 4.03. The average molecular weight is 394 g/mol. The Hall–Kier alpha value is -2.39. The minimum Gasteiger partial charge on any atom is -0.460 e. The second-order valence-corrected chi connectivity index (χ2v) is 8.56. The molecule has 0 unspecified atom stereocenters. The van der Waals surface area contributed by atoms with Crippen molar-refractivity contribution in [1.82, 2.24) is 4.90 Å². The number of hydrogen-bond acceptors (Lipinski definition) is 3. The molecule has 0 saturated heterocycles. The molecule has 0 spiro atoms. The number of esters is 1. The summed E-state index contributed by atoms with van der Waals surface area (Å²) in [6.45, 7) is 12.6. The number of rotatable bonds is 10. The van der Waals surface area contributed by atoms with E-state index in [0.717, 1.165) is 19.4 Å². The first-order valence-electron chi connectivity index (χ1n) is 10.5. The van der Waals surface area contributed by atoms with Crippen molar-refractivity contribution in [3.8, 4) is 0 Å². The average Bonchev–Trinajstić information content (AvgIpc) is 2.69. The van der Waals surface area contributed by atoms with Crippen LogP contribution in [0.2, 0.25) is 0 Å². The van der Waals surface area contributed by atoms with Crippen molar-refractivity contribution >= 4 is 5.97 Å². The predicted molar refractivity (Wildman–Crippen MR) is 121 cm³/mol. The lowest BCUT2D eigenvalue weighted by molar-refractivity contribution is -0.156. The zero-order valence-electron chi connectivity index (χ0n) is 18.3. The van der Waals surface area contributed by atoms with Gasteiger partial charge in [-0.2, -0.15) is 0 Å². The number of carbonyl (C=O) groups is 1. The van der Waals surface area contributed by atoms with Crippen LogP contribution in [0.15, 0.2) is 73.3 Å². The maximum absolute atomic E-state index is 12.7. The molecule has 156 valence electrons. The largest absolute Gasteiger partial charge is 0.460 e. The zero-order chi connectivity index (χ0) is 21.3. The molecule has 0 bridgehead atoms. The highest BCUT2D eigenvalue weighted by molar-refractivity contribution is 5.70. The smallest absolute Gasteiger partial charge is 0.307 e. The topological polar surface area (TPSA) is 29.5 Å². The Morgan fingerprint density at radius 1 is 1.07 bits per heavy atom. The van der Waals surface area contributed by atoms with Gasteiger partial charge in [-0.1, -0.05) is 66.7 Å². The lowest BCUT2D eigenvalue weighted by atomic mass is 9.98. The molecule has 0 fully saturated rings. The standard InChI is InChI=1S/C26H35NO2/c1-6-7-18-24(19-25(28)29-26(3,4)5)27(20-22-14-10-8-11-15-22)21(2)23-16-12-9-13-17-23/h6,8-17,21,24H,1,7,18-20H2,2-5H3/t21-,24-/m1/s1. The third-order valence-corrected chi connectivity index (χ3v) is 4.98. The van der Waals surface area contributed by atoms with Gasteiger partial charge < -0.3 is 4.74 Å². The quantitative estimate of drug-likeness (QED) is 0.349. The summed E-state index contributed by atoms with van der Waals surface area (Å²) in [4.78, 5) is 15.1. The van der Waals surface area contributed by atoms with E-state index in [1.165, 1.54) is 11.1 Å². The Labute approximate surface area is 176 Å².